The number of thiophene rings is 1. The lowest BCUT2D eigenvalue weighted by Gasteiger charge is -2.24. The van der Waals surface area contributed by atoms with Gasteiger partial charge in [-0.05, 0) is 50.1 Å². The van der Waals surface area contributed by atoms with E-state index in [2.05, 4.69) is 15.5 Å². The number of hydrogen-bond donors (Lipinski definition) is 2. The molecule has 10 nitrogen and oxygen atoms in total. The average molecular weight is 549 g/mol. The van der Waals surface area contributed by atoms with Crippen LogP contribution in [-0.4, -0.2) is 62.8 Å². The highest BCUT2D eigenvalue weighted by Gasteiger charge is 2.33. The van der Waals surface area contributed by atoms with Crippen LogP contribution in [0, 0.1) is 0 Å². The van der Waals surface area contributed by atoms with Crippen molar-refractivity contribution in [2.24, 2.45) is 0 Å². The summed E-state index contributed by atoms with van der Waals surface area (Å²) >= 11 is 7.06. The maximum Gasteiger partial charge on any atom is 0.414 e. The number of carbonyl (C=O) groups is 4. The third-order valence-corrected chi connectivity index (χ3v) is 7.27. The van der Waals surface area contributed by atoms with Gasteiger partial charge in [0.05, 0.1) is 46.7 Å². The molecule has 0 bridgehead atoms. The van der Waals surface area contributed by atoms with Crippen molar-refractivity contribution in [2.75, 3.05) is 47.9 Å². The zero-order chi connectivity index (χ0) is 26.4. The second-order valence-electron chi connectivity index (χ2n) is 8.68. The van der Waals surface area contributed by atoms with Crippen LogP contribution in [0.1, 0.15) is 42.3 Å². The Morgan fingerprint density at radius 2 is 1.95 bits per heavy atom. The smallest absolute Gasteiger partial charge is 0.414 e. The van der Waals surface area contributed by atoms with E-state index in [0.717, 1.165) is 31.6 Å². The molecule has 198 valence electrons. The van der Waals surface area contributed by atoms with Gasteiger partial charge in [-0.1, -0.05) is 11.6 Å². The Labute approximate surface area is 223 Å². The van der Waals surface area contributed by atoms with E-state index in [4.69, 9.17) is 21.1 Å². The summed E-state index contributed by atoms with van der Waals surface area (Å²) in [6.45, 7) is 4.11. The molecule has 2 saturated heterocycles. The zero-order valence-corrected chi connectivity index (χ0v) is 22.0. The van der Waals surface area contributed by atoms with Gasteiger partial charge in [-0.15, -0.1) is 11.3 Å². The average Bonchev–Trinajstić information content (AvgIpc) is 3.63. The fraction of sp³-hybridized carbons (Fsp3) is 0.440. The van der Waals surface area contributed by atoms with E-state index < -0.39 is 18.2 Å². The van der Waals surface area contributed by atoms with Crippen LogP contribution in [0.2, 0.25) is 4.34 Å². The van der Waals surface area contributed by atoms with Crippen LogP contribution < -0.4 is 20.4 Å². The van der Waals surface area contributed by atoms with Crippen molar-refractivity contribution < 1.29 is 28.7 Å². The number of rotatable bonds is 10. The maximum atomic E-state index is 12.6. The molecule has 0 radical (unpaired) electrons. The quantitative estimate of drug-likeness (QED) is 0.430. The molecule has 2 aliphatic rings. The monoisotopic (exact) mass is 548 g/mol. The summed E-state index contributed by atoms with van der Waals surface area (Å²) in [7, 11) is 0. The molecule has 3 amide bonds. The lowest BCUT2D eigenvalue weighted by atomic mass is 10.2. The highest BCUT2D eigenvalue weighted by Crippen LogP contribution is 2.34. The van der Waals surface area contributed by atoms with E-state index in [9.17, 15) is 19.2 Å². The normalized spacial score (nSPS) is 17.0. The van der Waals surface area contributed by atoms with E-state index in [-0.39, 0.29) is 44.4 Å². The Balaban J connectivity index is 1.43. The molecule has 12 heteroatoms. The molecular formula is C25H29ClN4O6S. The zero-order valence-electron chi connectivity index (χ0n) is 20.5. The lowest BCUT2D eigenvalue weighted by molar-refractivity contribution is -0.144. The van der Waals surface area contributed by atoms with Crippen molar-refractivity contribution in [3.63, 3.8) is 0 Å². The molecule has 2 aliphatic heterocycles. The first-order valence-electron chi connectivity index (χ1n) is 12.2. The van der Waals surface area contributed by atoms with Crippen LogP contribution in [0.15, 0.2) is 30.3 Å². The van der Waals surface area contributed by atoms with Gasteiger partial charge in [0.15, 0.2) is 0 Å². The van der Waals surface area contributed by atoms with Gasteiger partial charge in [0.1, 0.15) is 6.10 Å². The van der Waals surface area contributed by atoms with Gasteiger partial charge in [0.25, 0.3) is 5.91 Å². The highest BCUT2D eigenvalue weighted by molar-refractivity contribution is 7.18. The molecule has 4 rings (SSSR count). The molecule has 3 heterocycles. The second kappa shape index (κ2) is 12.3. The van der Waals surface area contributed by atoms with E-state index in [1.807, 2.05) is 12.1 Å². The maximum absolute atomic E-state index is 12.6. The number of anilines is 3. The van der Waals surface area contributed by atoms with Crippen LogP contribution in [0.3, 0.4) is 0 Å². The third kappa shape index (κ3) is 6.92. The van der Waals surface area contributed by atoms with E-state index in [1.54, 1.807) is 25.1 Å². The van der Waals surface area contributed by atoms with E-state index in [1.165, 1.54) is 16.2 Å². The molecular weight excluding hydrogens is 520 g/mol. The van der Waals surface area contributed by atoms with Crippen molar-refractivity contribution in [1.29, 1.82) is 0 Å². The van der Waals surface area contributed by atoms with Crippen LogP contribution in [0.5, 0.6) is 0 Å². The first-order valence-corrected chi connectivity index (χ1v) is 13.4. The molecule has 2 fully saturated rings. The number of nitrogens with zero attached hydrogens (tertiary/aromatic N) is 2. The highest BCUT2D eigenvalue weighted by atomic mass is 35.5. The fourth-order valence-electron chi connectivity index (χ4n) is 4.26. The largest absolute Gasteiger partial charge is 0.466 e. The van der Waals surface area contributed by atoms with Gasteiger partial charge in [-0.3, -0.25) is 19.3 Å². The minimum atomic E-state index is -0.535. The molecule has 2 N–H and O–H groups in total. The minimum absolute atomic E-state index is 0.00845. The number of halogens is 1. The van der Waals surface area contributed by atoms with Crippen molar-refractivity contribution in [3.8, 4) is 0 Å². The Morgan fingerprint density at radius 1 is 1.16 bits per heavy atom. The minimum Gasteiger partial charge on any atom is -0.466 e. The SMILES string of the molecule is CCOC(=O)CCC(=O)Nc1cc(N2CC(CNC(=O)c3ccc(Cl)s3)OC2=O)ccc1N1CCCC1. The molecule has 1 aromatic heterocycles. The van der Waals surface area contributed by atoms with Gasteiger partial charge in [-0.25, -0.2) is 4.79 Å². The van der Waals surface area contributed by atoms with E-state index >= 15 is 0 Å². The number of amides is 3. The first-order chi connectivity index (χ1) is 17.8. The molecule has 0 aliphatic carbocycles. The van der Waals surface area contributed by atoms with Gasteiger partial charge in [-0.2, -0.15) is 0 Å². The number of ether oxygens (including phenoxy) is 2. The van der Waals surface area contributed by atoms with Crippen molar-refractivity contribution in [3.05, 3.63) is 39.5 Å². The molecule has 37 heavy (non-hydrogen) atoms. The van der Waals surface area contributed by atoms with Crippen molar-refractivity contribution >= 4 is 63.9 Å². The number of cyclic esters (lactones) is 1. The fourth-order valence-corrected chi connectivity index (χ4v) is 5.22. The predicted octanol–water partition coefficient (Wildman–Crippen LogP) is 4.04. The first kappa shape index (κ1) is 26.7. The van der Waals surface area contributed by atoms with Crippen LogP contribution in [0.4, 0.5) is 21.9 Å². The van der Waals surface area contributed by atoms with Crippen LogP contribution >= 0.6 is 22.9 Å². The number of carbonyl (C=O) groups excluding carboxylic acids is 4. The third-order valence-electron chi connectivity index (χ3n) is 6.04. The summed E-state index contributed by atoms with van der Waals surface area (Å²) in [5.74, 6) is -1.02. The summed E-state index contributed by atoms with van der Waals surface area (Å²) in [4.78, 5) is 53.3. The Kier molecular flexibility index (Phi) is 8.88. The van der Waals surface area contributed by atoms with Gasteiger partial charge >= 0.3 is 12.1 Å². The second-order valence-corrected chi connectivity index (χ2v) is 10.4. The van der Waals surface area contributed by atoms with Gasteiger partial charge < -0.3 is 25.0 Å². The molecule has 2 aromatic rings. The Bertz CT molecular complexity index is 1170. The molecule has 1 atom stereocenters. The van der Waals surface area contributed by atoms with Crippen molar-refractivity contribution in [1.82, 2.24) is 5.32 Å². The topological polar surface area (TPSA) is 117 Å². The summed E-state index contributed by atoms with van der Waals surface area (Å²) in [6.07, 6.45) is 1.02. The summed E-state index contributed by atoms with van der Waals surface area (Å²) in [5.41, 5.74) is 1.98. The summed E-state index contributed by atoms with van der Waals surface area (Å²) in [6, 6.07) is 8.73. The Morgan fingerprint density at radius 3 is 2.65 bits per heavy atom. The standard InChI is InChI=1S/C25H29ClN4O6S/c1-2-35-23(32)10-9-22(31)28-18-13-16(5-6-19(18)29-11-3-4-12-29)30-15-17(36-25(30)34)14-27-24(33)20-7-8-21(26)37-20/h5-8,13,17H,2-4,9-12,14-15H2,1H3,(H,27,33)(H,28,31). The predicted molar refractivity (Wildman–Crippen MR) is 142 cm³/mol. The number of benzene rings is 1. The van der Waals surface area contributed by atoms with E-state index in [0.29, 0.717) is 20.6 Å². The van der Waals surface area contributed by atoms with Gasteiger partial charge in [0.2, 0.25) is 5.91 Å². The number of hydrogen-bond acceptors (Lipinski definition) is 8. The van der Waals surface area contributed by atoms with Crippen molar-refractivity contribution in [2.45, 2.75) is 38.7 Å². The van der Waals surface area contributed by atoms with Crippen LogP contribution in [-0.2, 0) is 19.1 Å². The number of esters is 1. The molecule has 0 saturated carbocycles. The molecule has 0 spiro atoms. The molecule has 1 aromatic carbocycles. The molecule has 1 unspecified atom stereocenters. The lowest BCUT2D eigenvalue weighted by Crippen LogP contribution is -2.34. The summed E-state index contributed by atoms with van der Waals surface area (Å²) < 4.78 is 10.9. The Hall–Kier alpha value is -3.31. The van der Waals surface area contributed by atoms with Crippen LogP contribution in [0.25, 0.3) is 0 Å². The number of nitrogens with one attached hydrogen (secondary N) is 2. The van der Waals surface area contributed by atoms with Gasteiger partial charge in [0, 0.05) is 25.2 Å². The summed E-state index contributed by atoms with van der Waals surface area (Å²) in [5, 5.41) is 5.67.